The molecule has 3 heteroatoms. The normalized spacial score (nSPS) is 12.0. The molecular formula is C18H27N3. The summed E-state index contributed by atoms with van der Waals surface area (Å²) in [5.41, 5.74) is 12.3. The van der Waals surface area contributed by atoms with Crippen LogP contribution < -0.4 is 5.73 Å². The molecule has 0 aliphatic heterocycles. The summed E-state index contributed by atoms with van der Waals surface area (Å²) in [6, 6.07) is 4.40. The van der Waals surface area contributed by atoms with Crippen LogP contribution in [0.3, 0.4) is 0 Å². The second-order valence-electron chi connectivity index (χ2n) is 6.94. The van der Waals surface area contributed by atoms with E-state index in [0.717, 1.165) is 23.9 Å². The fraction of sp³-hybridized carbons (Fsp3) is 0.500. The lowest BCUT2D eigenvalue weighted by Crippen LogP contribution is -2.19. The molecule has 0 fully saturated rings. The maximum atomic E-state index is 6.42. The molecule has 0 amide bonds. The lowest BCUT2D eigenvalue weighted by molar-refractivity contribution is 0.508. The molecular weight excluding hydrogens is 258 g/mol. The second kappa shape index (κ2) is 5.21. The predicted octanol–water partition coefficient (Wildman–Crippen LogP) is 4.37. The van der Waals surface area contributed by atoms with Gasteiger partial charge in [-0.3, -0.25) is 0 Å². The predicted molar refractivity (Wildman–Crippen MR) is 90.7 cm³/mol. The van der Waals surface area contributed by atoms with Gasteiger partial charge in [0.15, 0.2) is 0 Å². The standard InChI is InChI=1S/C18H27N3/c1-8-21-16(19)15(20-17(21)18(5,6)7)14-12(3)9-11(2)10-13(14)4/h9-10H,8,19H2,1-7H3. The first-order chi connectivity index (χ1) is 9.66. The number of anilines is 1. The molecule has 1 aromatic heterocycles. The van der Waals surface area contributed by atoms with Crippen LogP contribution in [-0.2, 0) is 12.0 Å². The van der Waals surface area contributed by atoms with Crippen LogP contribution in [0.2, 0.25) is 0 Å². The molecule has 0 atom stereocenters. The third-order valence-corrected chi connectivity index (χ3v) is 3.91. The first kappa shape index (κ1) is 15.6. The van der Waals surface area contributed by atoms with Gasteiger partial charge in [-0.2, -0.15) is 0 Å². The van der Waals surface area contributed by atoms with Crippen molar-refractivity contribution in [3.63, 3.8) is 0 Å². The first-order valence-corrected chi connectivity index (χ1v) is 7.61. The van der Waals surface area contributed by atoms with Gasteiger partial charge in [0.2, 0.25) is 0 Å². The van der Waals surface area contributed by atoms with E-state index in [0.29, 0.717) is 0 Å². The van der Waals surface area contributed by atoms with Gasteiger partial charge in [-0.15, -0.1) is 0 Å². The van der Waals surface area contributed by atoms with Crippen molar-refractivity contribution in [1.82, 2.24) is 9.55 Å². The first-order valence-electron chi connectivity index (χ1n) is 7.61. The summed E-state index contributed by atoms with van der Waals surface area (Å²) in [7, 11) is 0. The minimum absolute atomic E-state index is 0.0190. The van der Waals surface area contributed by atoms with E-state index in [1.807, 2.05) is 0 Å². The quantitative estimate of drug-likeness (QED) is 0.890. The molecule has 3 nitrogen and oxygen atoms in total. The molecule has 0 spiro atoms. The number of nitrogens with zero attached hydrogens (tertiary/aromatic N) is 2. The van der Waals surface area contributed by atoms with Crippen molar-refractivity contribution in [3.05, 3.63) is 34.6 Å². The molecule has 0 bridgehead atoms. The molecule has 2 aromatic rings. The zero-order chi connectivity index (χ0) is 15.9. The molecule has 2 N–H and O–H groups in total. The van der Waals surface area contributed by atoms with Crippen molar-refractivity contribution < 1.29 is 0 Å². The molecule has 0 saturated heterocycles. The molecule has 0 radical (unpaired) electrons. The van der Waals surface area contributed by atoms with Crippen molar-refractivity contribution >= 4 is 5.82 Å². The van der Waals surface area contributed by atoms with Crippen molar-refractivity contribution in [3.8, 4) is 11.3 Å². The summed E-state index contributed by atoms with van der Waals surface area (Å²) in [5, 5.41) is 0. The molecule has 114 valence electrons. The number of benzene rings is 1. The largest absolute Gasteiger partial charge is 0.383 e. The van der Waals surface area contributed by atoms with Gasteiger partial charge in [0.1, 0.15) is 17.3 Å². The van der Waals surface area contributed by atoms with Gasteiger partial charge < -0.3 is 10.3 Å². The van der Waals surface area contributed by atoms with E-state index in [-0.39, 0.29) is 5.41 Å². The summed E-state index contributed by atoms with van der Waals surface area (Å²) in [6.45, 7) is 15.9. The highest BCUT2D eigenvalue weighted by atomic mass is 15.1. The van der Waals surface area contributed by atoms with Crippen LogP contribution in [0.5, 0.6) is 0 Å². The van der Waals surface area contributed by atoms with Crippen LogP contribution in [0.4, 0.5) is 5.82 Å². The van der Waals surface area contributed by atoms with Gasteiger partial charge in [-0.1, -0.05) is 38.5 Å². The number of hydrogen-bond donors (Lipinski definition) is 1. The Morgan fingerprint density at radius 1 is 1.10 bits per heavy atom. The monoisotopic (exact) mass is 285 g/mol. The maximum Gasteiger partial charge on any atom is 0.131 e. The van der Waals surface area contributed by atoms with Crippen LogP contribution in [0.1, 0.15) is 50.2 Å². The van der Waals surface area contributed by atoms with Gasteiger partial charge in [-0.25, -0.2) is 4.98 Å². The number of nitrogens with two attached hydrogens (primary N) is 1. The molecule has 2 rings (SSSR count). The smallest absolute Gasteiger partial charge is 0.131 e. The van der Waals surface area contributed by atoms with E-state index in [2.05, 4.69) is 65.2 Å². The minimum Gasteiger partial charge on any atom is -0.383 e. The average molecular weight is 285 g/mol. The molecule has 0 aliphatic carbocycles. The Hall–Kier alpha value is -1.77. The molecule has 0 aliphatic rings. The molecule has 0 saturated carbocycles. The lowest BCUT2D eigenvalue weighted by atomic mass is 9.95. The van der Waals surface area contributed by atoms with E-state index in [4.69, 9.17) is 10.7 Å². The van der Waals surface area contributed by atoms with Crippen molar-refractivity contribution in [1.29, 1.82) is 0 Å². The Morgan fingerprint density at radius 2 is 1.62 bits per heavy atom. The Morgan fingerprint density at radius 3 is 2.00 bits per heavy atom. The number of aryl methyl sites for hydroxylation is 3. The van der Waals surface area contributed by atoms with Gasteiger partial charge >= 0.3 is 0 Å². The van der Waals surface area contributed by atoms with E-state index >= 15 is 0 Å². The zero-order valence-electron chi connectivity index (χ0n) is 14.3. The van der Waals surface area contributed by atoms with E-state index < -0.39 is 0 Å². The van der Waals surface area contributed by atoms with Gasteiger partial charge in [0, 0.05) is 17.5 Å². The van der Waals surface area contributed by atoms with Crippen LogP contribution in [-0.4, -0.2) is 9.55 Å². The minimum atomic E-state index is -0.0190. The van der Waals surface area contributed by atoms with Crippen LogP contribution in [0.15, 0.2) is 12.1 Å². The number of rotatable bonds is 2. The maximum absolute atomic E-state index is 6.42. The van der Waals surface area contributed by atoms with E-state index in [9.17, 15) is 0 Å². The number of aromatic nitrogens is 2. The van der Waals surface area contributed by atoms with Crippen LogP contribution >= 0.6 is 0 Å². The topological polar surface area (TPSA) is 43.8 Å². The molecule has 0 unspecified atom stereocenters. The highest BCUT2D eigenvalue weighted by Gasteiger charge is 2.25. The fourth-order valence-electron chi connectivity index (χ4n) is 3.10. The van der Waals surface area contributed by atoms with Gasteiger partial charge in [0.25, 0.3) is 0 Å². The summed E-state index contributed by atoms with van der Waals surface area (Å²) < 4.78 is 2.13. The SMILES string of the molecule is CCn1c(C(C)(C)C)nc(-c2c(C)cc(C)cc2C)c1N. The van der Waals surface area contributed by atoms with E-state index in [1.165, 1.54) is 22.3 Å². The highest BCUT2D eigenvalue weighted by Crippen LogP contribution is 2.35. The van der Waals surface area contributed by atoms with Crippen LogP contribution in [0.25, 0.3) is 11.3 Å². The van der Waals surface area contributed by atoms with Crippen molar-refractivity contribution in [2.75, 3.05) is 5.73 Å². The number of hydrogen-bond acceptors (Lipinski definition) is 2. The molecule has 1 aromatic carbocycles. The molecule has 1 heterocycles. The molecule has 21 heavy (non-hydrogen) atoms. The summed E-state index contributed by atoms with van der Waals surface area (Å²) in [6.07, 6.45) is 0. The summed E-state index contributed by atoms with van der Waals surface area (Å²) in [4.78, 5) is 4.91. The fourth-order valence-corrected chi connectivity index (χ4v) is 3.10. The Balaban J connectivity index is 2.75. The number of nitrogen functional groups attached to an aromatic ring is 1. The summed E-state index contributed by atoms with van der Waals surface area (Å²) in [5.74, 6) is 1.83. The Labute approximate surface area is 128 Å². The highest BCUT2D eigenvalue weighted by molar-refractivity contribution is 5.77. The Bertz CT molecular complexity index is 649. The zero-order valence-corrected chi connectivity index (χ0v) is 14.3. The third kappa shape index (κ3) is 2.69. The Kier molecular flexibility index (Phi) is 3.87. The number of imidazole rings is 1. The van der Waals surface area contributed by atoms with Crippen molar-refractivity contribution in [2.45, 2.75) is 60.4 Å². The summed E-state index contributed by atoms with van der Waals surface area (Å²) >= 11 is 0. The van der Waals surface area contributed by atoms with Crippen molar-refractivity contribution in [2.24, 2.45) is 0 Å². The van der Waals surface area contributed by atoms with Crippen LogP contribution in [0, 0.1) is 20.8 Å². The van der Waals surface area contributed by atoms with E-state index in [1.54, 1.807) is 0 Å². The second-order valence-corrected chi connectivity index (χ2v) is 6.94. The average Bonchev–Trinajstić information content (AvgIpc) is 2.65. The lowest BCUT2D eigenvalue weighted by Gasteiger charge is -2.19. The van der Waals surface area contributed by atoms with Gasteiger partial charge in [0.05, 0.1) is 0 Å². The third-order valence-electron chi connectivity index (χ3n) is 3.91. The van der Waals surface area contributed by atoms with Gasteiger partial charge in [-0.05, 0) is 38.8 Å².